The third-order valence-corrected chi connectivity index (χ3v) is 7.78. The molecule has 2 aromatic heterocycles. The zero-order valence-electron chi connectivity index (χ0n) is 20.5. The number of aromatic nitrogens is 3. The third-order valence-electron chi connectivity index (χ3n) is 7.78. The number of methoxy groups -OCH3 is 1. The number of aliphatic hydroxyl groups is 1. The Morgan fingerprint density at radius 2 is 2.03 bits per heavy atom. The third kappa shape index (κ3) is 4.39. The minimum atomic E-state index is -0.0665. The highest BCUT2D eigenvalue weighted by Gasteiger charge is 2.31. The number of nitrogens with one attached hydrogen (secondary N) is 2. The molecule has 0 unspecified atom stereocenters. The molecule has 2 aliphatic carbocycles. The first kappa shape index (κ1) is 23.1. The molecule has 3 aromatic rings. The van der Waals surface area contributed by atoms with Crippen LogP contribution in [-0.2, 0) is 22.4 Å². The van der Waals surface area contributed by atoms with Gasteiger partial charge in [-0.15, -0.1) is 0 Å². The first-order chi connectivity index (χ1) is 16.4. The zero-order chi connectivity index (χ0) is 23.9. The average Bonchev–Trinajstić information content (AvgIpc) is 3.44. The monoisotopic (exact) mass is 464 g/mol. The molecule has 2 aliphatic rings. The van der Waals surface area contributed by atoms with Crippen molar-refractivity contribution < 1.29 is 14.6 Å². The van der Waals surface area contributed by atoms with Crippen LogP contribution in [-0.4, -0.2) is 52.6 Å². The molecule has 34 heavy (non-hydrogen) atoms. The molecule has 0 radical (unpaired) electrons. The van der Waals surface area contributed by atoms with E-state index in [0.29, 0.717) is 12.0 Å². The molecule has 0 atom stereocenters. The van der Waals surface area contributed by atoms with E-state index in [4.69, 9.17) is 4.74 Å². The summed E-state index contributed by atoms with van der Waals surface area (Å²) in [5.41, 5.74) is 6.66. The number of aliphatic hydroxyl groups excluding tert-OH is 1. The molecule has 0 bridgehead atoms. The van der Waals surface area contributed by atoms with Gasteiger partial charge in [-0.3, -0.25) is 9.89 Å². The molecule has 3 N–H and O–H groups in total. The highest BCUT2D eigenvalue weighted by atomic mass is 16.5. The van der Waals surface area contributed by atoms with E-state index in [0.717, 1.165) is 72.9 Å². The van der Waals surface area contributed by atoms with Crippen LogP contribution in [0.15, 0.2) is 24.3 Å². The molecule has 182 valence electrons. The summed E-state index contributed by atoms with van der Waals surface area (Å²) in [6.45, 7) is 4.85. The van der Waals surface area contributed by atoms with Gasteiger partial charge < -0.3 is 19.7 Å². The molecule has 2 heterocycles. The fourth-order valence-electron chi connectivity index (χ4n) is 5.71. The maximum absolute atomic E-state index is 13.4. The molecule has 1 saturated carbocycles. The Morgan fingerprint density at radius 3 is 2.76 bits per heavy atom. The van der Waals surface area contributed by atoms with Crippen molar-refractivity contribution in [3.8, 4) is 11.4 Å². The number of ether oxygens (including phenoxy) is 1. The lowest BCUT2D eigenvalue weighted by molar-refractivity contribution is -0.124. The zero-order valence-corrected chi connectivity index (χ0v) is 20.5. The number of rotatable bonds is 6. The van der Waals surface area contributed by atoms with Gasteiger partial charge in [-0.05, 0) is 68.6 Å². The topological polar surface area (TPSA) is 94.2 Å². The molecule has 7 nitrogen and oxygen atoms in total. The number of nitrogens with zero attached hydrogens (tertiary/aromatic N) is 2. The molecule has 0 saturated heterocycles. The number of hydrogen-bond acceptors (Lipinski definition) is 4. The first-order valence-electron chi connectivity index (χ1n) is 12.5. The van der Waals surface area contributed by atoms with Crippen LogP contribution in [0.3, 0.4) is 0 Å². The first-order valence-corrected chi connectivity index (χ1v) is 12.5. The summed E-state index contributed by atoms with van der Waals surface area (Å²) in [5, 5.41) is 18.7. The number of hydrogen-bond donors (Lipinski definition) is 3. The molecule has 7 heteroatoms. The predicted octanol–water partition coefficient (Wildman–Crippen LogP) is 4.60. The van der Waals surface area contributed by atoms with Gasteiger partial charge in [0.05, 0.1) is 18.4 Å². The Bertz CT molecular complexity index is 1170. The lowest BCUT2D eigenvalue weighted by Crippen LogP contribution is -2.40. The predicted molar refractivity (Wildman–Crippen MR) is 134 cm³/mol. The van der Waals surface area contributed by atoms with E-state index < -0.39 is 0 Å². The standard InChI is InChI=1S/C27H36N4O3/c1-27(2)11-10-21-24(16-27)29-30-25(21)23-14-18-4-7-19(15-22(18)28-23)31(12-13-32)26(33)17-5-8-20(34-3)9-6-17/h4,7,14-15,17,20,28,32H,5-6,8-13,16H2,1-3H3,(H,29,30)/t17-,20+. The Kier molecular flexibility index (Phi) is 6.25. The van der Waals surface area contributed by atoms with Gasteiger partial charge in [-0.1, -0.05) is 19.9 Å². The van der Waals surface area contributed by atoms with Crippen molar-refractivity contribution in [1.29, 1.82) is 0 Å². The van der Waals surface area contributed by atoms with Crippen LogP contribution in [0.4, 0.5) is 5.69 Å². The lowest BCUT2D eigenvalue weighted by Gasteiger charge is -2.31. The highest BCUT2D eigenvalue weighted by molar-refractivity contribution is 5.98. The second-order valence-electron chi connectivity index (χ2n) is 10.7. The molecule has 0 spiro atoms. The quantitative estimate of drug-likeness (QED) is 0.497. The Labute approximate surface area is 200 Å². The van der Waals surface area contributed by atoms with E-state index in [2.05, 4.69) is 35.1 Å². The molecule has 5 rings (SSSR count). The summed E-state index contributed by atoms with van der Waals surface area (Å²) in [5.74, 6) is 0.0754. The highest BCUT2D eigenvalue weighted by Crippen LogP contribution is 2.38. The van der Waals surface area contributed by atoms with Gasteiger partial charge in [0.2, 0.25) is 5.91 Å². The van der Waals surface area contributed by atoms with Crippen LogP contribution in [0.2, 0.25) is 0 Å². The van der Waals surface area contributed by atoms with Gasteiger partial charge in [0.15, 0.2) is 0 Å². The minimum absolute atomic E-state index is 0.0207. The molecule has 1 fully saturated rings. The lowest BCUT2D eigenvalue weighted by atomic mass is 9.76. The summed E-state index contributed by atoms with van der Waals surface area (Å²) in [7, 11) is 1.74. The Morgan fingerprint density at radius 1 is 1.24 bits per heavy atom. The van der Waals surface area contributed by atoms with Gasteiger partial charge >= 0.3 is 0 Å². The summed E-state index contributed by atoms with van der Waals surface area (Å²) >= 11 is 0. The number of fused-ring (bicyclic) bond motifs is 2. The second-order valence-corrected chi connectivity index (χ2v) is 10.7. The fraction of sp³-hybridized carbons (Fsp3) is 0.556. The average molecular weight is 465 g/mol. The molecule has 1 aromatic carbocycles. The van der Waals surface area contributed by atoms with Crippen LogP contribution >= 0.6 is 0 Å². The SMILES string of the molecule is CO[C@H]1CC[C@@H](C(=O)N(CCO)c2ccc3cc(-c4n[nH]c5c4CCC(C)(C)C5)[nH]c3c2)CC1. The number of carbonyl (C=O) groups is 1. The maximum Gasteiger partial charge on any atom is 0.230 e. The molecule has 0 aliphatic heterocycles. The van der Waals surface area contributed by atoms with Gasteiger partial charge in [0.1, 0.15) is 5.69 Å². The van der Waals surface area contributed by atoms with Gasteiger partial charge in [-0.25, -0.2) is 0 Å². The Hall–Kier alpha value is -2.64. The van der Waals surface area contributed by atoms with Crippen LogP contribution in [0.5, 0.6) is 0 Å². The van der Waals surface area contributed by atoms with Crippen LogP contribution < -0.4 is 4.90 Å². The number of benzene rings is 1. The van der Waals surface area contributed by atoms with Crippen molar-refractivity contribution in [3.05, 3.63) is 35.5 Å². The largest absolute Gasteiger partial charge is 0.395 e. The van der Waals surface area contributed by atoms with Gasteiger partial charge in [0.25, 0.3) is 0 Å². The molecule has 1 amide bonds. The molecular formula is C27H36N4O3. The number of aromatic amines is 2. The van der Waals surface area contributed by atoms with Crippen molar-refractivity contribution in [2.24, 2.45) is 11.3 Å². The molecular weight excluding hydrogens is 428 g/mol. The fourth-order valence-corrected chi connectivity index (χ4v) is 5.71. The smallest absolute Gasteiger partial charge is 0.230 e. The van der Waals surface area contributed by atoms with Crippen LogP contribution in [0, 0.1) is 11.3 Å². The minimum Gasteiger partial charge on any atom is -0.395 e. The van der Waals surface area contributed by atoms with Crippen molar-refractivity contribution in [2.45, 2.75) is 64.9 Å². The van der Waals surface area contributed by atoms with Crippen LogP contribution in [0.1, 0.15) is 57.2 Å². The summed E-state index contributed by atoms with van der Waals surface area (Å²) < 4.78 is 5.46. The van der Waals surface area contributed by atoms with Crippen molar-refractivity contribution in [2.75, 3.05) is 25.2 Å². The number of H-pyrrole nitrogens is 2. The second kappa shape index (κ2) is 9.19. The van der Waals surface area contributed by atoms with E-state index in [1.807, 2.05) is 18.2 Å². The number of anilines is 1. The van der Waals surface area contributed by atoms with Crippen molar-refractivity contribution in [1.82, 2.24) is 15.2 Å². The van der Waals surface area contributed by atoms with E-state index in [-0.39, 0.29) is 24.5 Å². The summed E-state index contributed by atoms with van der Waals surface area (Å²) in [4.78, 5) is 18.7. The normalized spacial score (nSPS) is 22.0. The summed E-state index contributed by atoms with van der Waals surface area (Å²) in [6, 6.07) is 8.19. The van der Waals surface area contributed by atoms with E-state index in [1.54, 1.807) is 12.0 Å². The van der Waals surface area contributed by atoms with Gasteiger partial charge in [-0.2, -0.15) is 5.10 Å². The van der Waals surface area contributed by atoms with Crippen LogP contribution in [0.25, 0.3) is 22.3 Å². The van der Waals surface area contributed by atoms with E-state index >= 15 is 0 Å². The van der Waals surface area contributed by atoms with E-state index in [1.165, 1.54) is 11.3 Å². The van der Waals surface area contributed by atoms with E-state index in [9.17, 15) is 9.90 Å². The maximum atomic E-state index is 13.4. The van der Waals surface area contributed by atoms with Crippen molar-refractivity contribution in [3.63, 3.8) is 0 Å². The number of amides is 1. The van der Waals surface area contributed by atoms with Gasteiger partial charge in [0, 0.05) is 47.4 Å². The van der Waals surface area contributed by atoms with Crippen molar-refractivity contribution >= 4 is 22.5 Å². The Balaban J connectivity index is 1.41. The summed E-state index contributed by atoms with van der Waals surface area (Å²) in [6.07, 6.45) is 6.92. The number of carbonyl (C=O) groups excluding carboxylic acids is 1.